The van der Waals surface area contributed by atoms with Crippen molar-refractivity contribution in [3.8, 4) is 5.75 Å². The van der Waals surface area contributed by atoms with E-state index in [9.17, 15) is 21.6 Å². The first-order valence-electron chi connectivity index (χ1n) is 6.06. The number of sulfonamides is 1. The van der Waals surface area contributed by atoms with Crippen molar-refractivity contribution in [2.24, 2.45) is 0 Å². The molecule has 8 nitrogen and oxygen atoms in total. The summed E-state index contributed by atoms with van der Waals surface area (Å²) in [5.74, 6) is -1.16. The molecule has 0 aliphatic rings. The first kappa shape index (κ1) is 18.4. The largest absolute Gasteiger partial charge is 0.495 e. The molecule has 0 saturated carbocycles. The van der Waals surface area contributed by atoms with Gasteiger partial charge in [-0.3, -0.25) is 4.79 Å². The van der Waals surface area contributed by atoms with Gasteiger partial charge in [0.2, 0.25) is 10.0 Å². The average molecular weight is 351 g/mol. The Labute approximate surface area is 129 Å². The minimum Gasteiger partial charge on any atom is -0.495 e. The fraction of sp³-hybridized carbons (Fsp3) is 0.417. The maximum Gasteiger partial charge on any atom is 0.304 e. The first-order valence-corrected chi connectivity index (χ1v) is 9.39. The number of carboxylic acids is 1. The van der Waals surface area contributed by atoms with Crippen LogP contribution in [0.3, 0.4) is 0 Å². The number of carbonyl (C=O) groups is 1. The van der Waals surface area contributed by atoms with Gasteiger partial charge in [-0.15, -0.1) is 0 Å². The van der Waals surface area contributed by atoms with Crippen LogP contribution in [0.4, 0.5) is 0 Å². The molecule has 22 heavy (non-hydrogen) atoms. The van der Waals surface area contributed by atoms with E-state index in [0.29, 0.717) is 0 Å². The van der Waals surface area contributed by atoms with Gasteiger partial charge in [0.25, 0.3) is 0 Å². The minimum absolute atomic E-state index is 0.0189. The second kappa shape index (κ2) is 6.63. The van der Waals surface area contributed by atoms with Crippen molar-refractivity contribution >= 4 is 25.8 Å². The molecule has 0 aromatic heterocycles. The van der Waals surface area contributed by atoms with Gasteiger partial charge in [-0.25, -0.2) is 21.1 Å². The second-order valence-corrected chi connectivity index (χ2v) is 8.58. The molecule has 1 N–H and O–H groups in total. The lowest BCUT2D eigenvalue weighted by Crippen LogP contribution is -2.29. The van der Waals surface area contributed by atoms with Crippen molar-refractivity contribution in [2.75, 3.05) is 27.0 Å². The van der Waals surface area contributed by atoms with E-state index in [0.717, 1.165) is 16.6 Å². The van der Waals surface area contributed by atoms with Crippen molar-refractivity contribution in [2.45, 2.75) is 16.2 Å². The van der Waals surface area contributed by atoms with Crippen LogP contribution in [0.15, 0.2) is 28.0 Å². The molecule has 0 fully saturated rings. The molecular weight excluding hydrogens is 334 g/mol. The molecule has 0 aliphatic heterocycles. The highest BCUT2D eigenvalue weighted by molar-refractivity contribution is 7.91. The molecule has 0 radical (unpaired) electrons. The Hall–Kier alpha value is -1.65. The van der Waals surface area contributed by atoms with Crippen molar-refractivity contribution in [3.63, 3.8) is 0 Å². The molecule has 0 bridgehead atoms. The molecular formula is C12H17NO7S2. The van der Waals surface area contributed by atoms with Gasteiger partial charge in [-0.05, 0) is 18.2 Å². The van der Waals surface area contributed by atoms with Gasteiger partial charge in [-0.1, -0.05) is 0 Å². The number of nitrogens with zero attached hydrogens (tertiary/aromatic N) is 1. The van der Waals surface area contributed by atoms with E-state index in [-0.39, 0.29) is 28.5 Å². The quantitative estimate of drug-likeness (QED) is 0.745. The monoisotopic (exact) mass is 351 g/mol. The number of benzene rings is 1. The highest BCUT2D eigenvalue weighted by Gasteiger charge is 2.26. The van der Waals surface area contributed by atoms with Gasteiger partial charge in [0.1, 0.15) is 10.6 Å². The van der Waals surface area contributed by atoms with E-state index in [1.54, 1.807) is 0 Å². The zero-order chi connectivity index (χ0) is 17.1. The Morgan fingerprint density at radius 3 is 2.32 bits per heavy atom. The number of hydrogen-bond acceptors (Lipinski definition) is 6. The minimum atomic E-state index is -4.08. The molecule has 0 spiro atoms. The van der Waals surface area contributed by atoms with E-state index >= 15 is 0 Å². The van der Waals surface area contributed by atoms with Gasteiger partial charge >= 0.3 is 5.97 Å². The van der Waals surface area contributed by atoms with Gasteiger partial charge in [0, 0.05) is 19.8 Å². The molecule has 0 heterocycles. The van der Waals surface area contributed by atoms with E-state index in [1.807, 2.05) is 0 Å². The van der Waals surface area contributed by atoms with Crippen molar-refractivity contribution in [1.82, 2.24) is 4.31 Å². The zero-order valence-corrected chi connectivity index (χ0v) is 13.9. The highest BCUT2D eigenvalue weighted by Crippen LogP contribution is 2.29. The lowest BCUT2D eigenvalue weighted by molar-refractivity contribution is -0.137. The zero-order valence-electron chi connectivity index (χ0n) is 12.3. The van der Waals surface area contributed by atoms with E-state index in [2.05, 4.69) is 0 Å². The summed E-state index contributed by atoms with van der Waals surface area (Å²) in [7, 11) is -5.21. The summed E-state index contributed by atoms with van der Waals surface area (Å²) in [5.41, 5.74) is 0. The highest BCUT2D eigenvalue weighted by atomic mass is 32.2. The number of sulfone groups is 1. The molecule has 1 rings (SSSR count). The topological polar surface area (TPSA) is 118 Å². The van der Waals surface area contributed by atoms with Crippen LogP contribution in [0.5, 0.6) is 5.75 Å². The molecule has 124 valence electrons. The SMILES string of the molecule is COc1ccc(S(C)(=O)=O)cc1S(=O)(=O)N(C)CCC(=O)O. The average Bonchev–Trinajstić information content (AvgIpc) is 2.42. The number of rotatable bonds is 7. The molecule has 0 aliphatic carbocycles. The summed E-state index contributed by atoms with van der Waals surface area (Å²) in [5, 5.41) is 8.62. The van der Waals surface area contributed by atoms with Crippen LogP contribution in [-0.2, 0) is 24.7 Å². The van der Waals surface area contributed by atoms with Crippen LogP contribution < -0.4 is 4.74 Å². The van der Waals surface area contributed by atoms with Crippen molar-refractivity contribution in [1.29, 1.82) is 0 Å². The fourth-order valence-corrected chi connectivity index (χ4v) is 3.70. The van der Waals surface area contributed by atoms with E-state index < -0.39 is 25.8 Å². The molecule has 0 atom stereocenters. The Bertz CT molecular complexity index is 769. The smallest absolute Gasteiger partial charge is 0.304 e. The maximum atomic E-state index is 12.5. The molecule has 1 aromatic carbocycles. The number of aliphatic carboxylic acids is 1. The molecule has 0 unspecified atom stereocenters. The van der Waals surface area contributed by atoms with Crippen LogP contribution in [0, 0.1) is 0 Å². The molecule has 0 saturated heterocycles. The number of carboxylic acid groups (broad SMARTS) is 1. The number of ether oxygens (including phenoxy) is 1. The first-order chi connectivity index (χ1) is 10.00. The summed E-state index contributed by atoms with van der Waals surface area (Å²) < 4.78 is 53.9. The summed E-state index contributed by atoms with van der Waals surface area (Å²) >= 11 is 0. The van der Waals surface area contributed by atoms with Crippen LogP contribution >= 0.6 is 0 Å². The van der Waals surface area contributed by atoms with Gasteiger partial charge in [0.05, 0.1) is 18.4 Å². The second-order valence-electron chi connectivity index (χ2n) is 4.56. The maximum absolute atomic E-state index is 12.5. The Morgan fingerprint density at radius 1 is 1.27 bits per heavy atom. The Balaban J connectivity index is 3.36. The summed E-state index contributed by atoms with van der Waals surface area (Å²) in [6.07, 6.45) is 0.586. The lowest BCUT2D eigenvalue weighted by Gasteiger charge is -2.18. The van der Waals surface area contributed by atoms with Crippen LogP contribution in [0.25, 0.3) is 0 Å². The Morgan fingerprint density at radius 2 is 1.86 bits per heavy atom. The predicted octanol–water partition coefficient (Wildman–Crippen LogP) is 0.194. The lowest BCUT2D eigenvalue weighted by atomic mass is 10.3. The van der Waals surface area contributed by atoms with Crippen LogP contribution in [0.2, 0.25) is 0 Å². The van der Waals surface area contributed by atoms with E-state index in [4.69, 9.17) is 9.84 Å². The van der Waals surface area contributed by atoms with Crippen molar-refractivity contribution in [3.05, 3.63) is 18.2 Å². The molecule has 1 aromatic rings. The fourth-order valence-electron chi connectivity index (χ4n) is 1.63. The van der Waals surface area contributed by atoms with Gasteiger partial charge in [0.15, 0.2) is 9.84 Å². The molecule has 10 heteroatoms. The standard InChI is InChI=1S/C12H17NO7S2/c1-13(7-6-12(14)15)22(18,19)11-8-9(21(3,16)17)4-5-10(11)20-2/h4-5,8H,6-7H2,1-3H3,(H,14,15). The number of methoxy groups -OCH3 is 1. The predicted molar refractivity (Wildman–Crippen MR) is 78.2 cm³/mol. The number of hydrogen-bond donors (Lipinski definition) is 1. The Kier molecular flexibility index (Phi) is 5.54. The third-order valence-corrected chi connectivity index (χ3v) is 5.88. The van der Waals surface area contributed by atoms with Gasteiger partial charge < -0.3 is 9.84 Å². The van der Waals surface area contributed by atoms with Gasteiger partial charge in [-0.2, -0.15) is 0 Å². The van der Waals surface area contributed by atoms with Crippen LogP contribution in [0.1, 0.15) is 6.42 Å². The van der Waals surface area contributed by atoms with E-state index in [1.165, 1.54) is 26.3 Å². The van der Waals surface area contributed by atoms with Crippen LogP contribution in [-0.4, -0.2) is 59.2 Å². The third kappa shape index (κ3) is 4.18. The normalized spacial score (nSPS) is 12.4. The molecule has 0 amide bonds. The van der Waals surface area contributed by atoms with Crippen molar-refractivity contribution < 1.29 is 31.5 Å². The summed E-state index contributed by atoms with van der Waals surface area (Å²) in [6.45, 7) is -0.246. The summed E-state index contributed by atoms with van der Waals surface area (Å²) in [4.78, 5) is 10.1. The summed E-state index contributed by atoms with van der Waals surface area (Å²) in [6, 6.07) is 3.49. The third-order valence-electron chi connectivity index (χ3n) is 2.89.